The van der Waals surface area contributed by atoms with Crippen molar-refractivity contribution in [2.24, 2.45) is 23.5 Å². The van der Waals surface area contributed by atoms with E-state index in [-0.39, 0.29) is 24.5 Å². The van der Waals surface area contributed by atoms with Crippen molar-refractivity contribution in [3.8, 4) is 0 Å². The van der Waals surface area contributed by atoms with Gasteiger partial charge in [0, 0.05) is 0 Å². The SMILES string of the molecule is CC(C)CC[C@@H]1[C@@H](Cc2ccccc2)CCC[C@H](N)C(=O)O[C@H]1C.Cl. The topological polar surface area (TPSA) is 52.3 Å². The summed E-state index contributed by atoms with van der Waals surface area (Å²) in [5.74, 6) is 1.39. The van der Waals surface area contributed by atoms with Gasteiger partial charge in [0.2, 0.25) is 0 Å². The van der Waals surface area contributed by atoms with Gasteiger partial charge < -0.3 is 10.5 Å². The Morgan fingerprint density at radius 3 is 2.52 bits per heavy atom. The number of carbonyl (C=O) groups is 1. The molecule has 1 aromatic carbocycles. The van der Waals surface area contributed by atoms with Gasteiger partial charge in [-0.3, -0.25) is 4.79 Å². The summed E-state index contributed by atoms with van der Waals surface area (Å²) in [6.07, 6.45) is 6.12. The van der Waals surface area contributed by atoms with Crippen LogP contribution >= 0.6 is 12.4 Å². The summed E-state index contributed by atoms with van der Waals surface area (Å²) in [6, 6.07) is 10.2. The number of benzene rings is 1. The minimum atomic E-state index is -0.464. The van der Waals surface area contributed by atoms with Crippen LogP contribution in [0, 0.1) is 17.8 Å². The molecule has 0 unspecified atom stereocenters. The highest BCUT2D eigenvalue weighted by atomic mass is 35.5. The molecule has 25 heavy (non-hydrogen) atoms. The van der Waals surface area contributed by atoms with Crippen molar-refractivity contribution in [3.63, 3.8) is 0 Å². The molecule has 2 N–H and O–H groups in total. The Morgan fingerprint density at radius 2 is 1.88 bits per heavy atom. The van der Waals surface area contributed by atoms with Crippen LogP contribution in [0.1, 0.15) is 58.4 Å². The highest BCUT2D eigenvalue weighted by Gasteiger charge is 2.32. The molecule has 4 atom stereocenters. The Hall–Kier alpha value is -1.06. The Balaban J connectivity index is 0.00000312. The van der Waals surface area contributed by atoms with E-state index in [2.05, 4.69) is 51.1 Å². The molecule has 0 bridgehead atoms. The largest absolute Gasteiger partial charge is 0.461 e. The summed E-state index contributed by atoms with van der Waals surface area (Å²) in [5.41, 5.74) is 7.34. The van der Waals surface area contributed by atoms with Crippen LogP contribution in [0.15, 0.2) is 30.3 Å². The van der Waals surface area contributed by atoms with Gasteiger partial charge in [0.25, 0.3) is 0 Å². The van der Waals surface area contributed by atoms with Crippen LogP contribution in [0.25, 0.3) is 0 Å². The fourth-order valence-corrected chi connectivity index (χ4v) is 3.84. The van der Waals surface area contributed by atoms with Gasteiger partial charge in [-0.15, -0.1) is 12.4 Å². The second-order valence-electron chi connectivity index (χ2n) is 7.76. The third-order valence-electron chi connectivity index (χ3n) is 5.32. The van der Waals surface area contributed by atoms with E-state index in [1.54, 1.807) is 0 Å². The highest BCUT2D eigenvalue weighted by Crippen LogP contribution is 2.33. The Bertz CT molecular complexity index is 506. The van der Waals surface area contributed by atoms with Crippen LogP contribution in [-0.2, 0) is 16.0 Å². The summed E-state index contributed by atoms with van der Waals surface area (Å²) in [4.78, 5) is 12.1. The highest BCUT2D eigenvalue weighted by molar-refractivity contribution is 5.85. The van der Waals surface area contributed by atoms with Gasteiger partial charge in [-0.2, -0.15) is 0 Å². The van der Waals surface area contributed by atoms with Crippen LogP contribution in [0.2, 0.25) is 0 Å². The van der Waals surface area contributed by atoms with Gasteiger partial charge in [-0.25, -0.2) is 0 Å². The molecule has 0 amide bonds. The van der Waals surface area contributed by atoms with Crippen LogP contribution in [0.3, 0.4) is 0 Å². The van der Waals surface area contributed by atoms with Crippen molar-refractivity contribution in [2.45, 2.75) is 71.4 Å². The number of rotatable bonds is 5. The summed E-state index contributed by atoms with van der Waals surface area (Å²) in [6.45, 7) is 6.57. The summed E-state index contributed by atoms with van der Waals surface area (Å²) in [5, 5.41) is 0. The lowest BCUT2D eigenvalue weighted by atomic mass is 9.77. The molecule has 1 aliphatic heterocycles. The van der Waals surface area contributed by atoms with Crippen molar-refractivity contribution >= 4 is 18.4 Å². The second-order valence-corrected chi connectivity index (χ2v) is 7.76. The third kappa shape index (κ3) is 6.99. The van der Waals surface area contributed by atoms with Gasteiger partial charge in [0.1, 0.15) is 12.1 Å². The average Bonchev–Trinajstić information content (AvgIpc) is 2.58. The van der Waals surface area contributed by atoms with E-state index in [0.29, 0.717) is 17.8 Å². The van der Waals surface area contributed by atoms with Crippen LogP contribution in [0.4, 0.5) is 0 Å². The molecule has 3 nitrogen and oxygen atoms in total. The van der Waals surface area contributed by atoms with E-state index in [9.17, 15) is 4.79 Å². The van der Waals surface area contributed by atoms with Gasteiger partial charge in [0.15, 0.2) is 0 Å². The molecule has 1 aromatic rings. The molecule has 0 spiro atoms. The van der Waals surface area contributed by atoms with Gasteiger partial charge in [0.05, 0.1) is 0 Å². The molecule has 1 aliphatic rings. The molecule has 0 radical (unpaired) electrons. The maximum Gasteiger partial charge on any atom is 0.323 e. The van der Waals surface area contributed by atoms with Crippen molar-refractivity contribution in [1.29, 1.82) is 0 Å². The van der Waals surface area contributed by atoms with E-state index in [0.717, 1.165) is 32.1 Å². The van der Waals surface area contributed by atoms with E-state index in [4.69, 9.17) is 10.5 Å². The Kier molecular flexibility index (Phi) is 9.52. The molecule has 1 saturated heterocycles. The standard InChI is InChI=1S/C21H33NO2.ClH/c1-15(2)12-13-19-16(3)24-21(23)20(22)11-7-10-18(19)14-17-8-5-4-6-9-17;/h4-6,8-9,15-16,18-20H,7,10-14,22H2,1-3H3;1H/t16-,18+,19-,20-;/m0./s1. The lowest BCUT2D eigenvalue weighted by molar-refractivity contribution is -0.153. The summed E-state index contributed by atoms with van der Waals surface area (Å²) in [7, 11) is 0. The van der Waals surface area contributed by atoms with E-state index in [1.807, 2.05) is 0 Å². The quantitative estimate of drug-likeness (QED) is 0.763. The van der Waals surface area contributed by atoms with Crippen molar-refractivity contribution in [3.05, 3.63) is 35.9 Å². The number of nitrogens with two attached hydrogens (primary N) is 1. The first-order valence-electron chi connectivity index (χ1n) is 9.47. The summed E-state index contributed by atoms with van der Waals surface area (Å²) >= 11 is 0. The number of esters is 1. The minimum absolute atomic E-state index is 0. The van der Waals surface area contributed by atoms with Crippen LogP contribution in [-0.4, -0.2) is 18.1 Å². The first kappa shape index (κ1) is 22.0. The molecule has 0 aromatic heterocycles. The fraction of sp³-hybridized carbons (Fsp3) is 0.667. The smallest absolute Gasteiger partial charge is 0.323 e. The fourth-order valence-electron chi connectivity index (χ4n) is 3.84. The lowest BCUT2D eigenvalue weighted by Gasteiger charge is -2.32. The zero-order valence-corrected chi connectivity index (χ0v) is 16.6. The normalized spacial score (nSPS) is 27.6. The average molecular weight is 368 g/mol. The predicted molar refractivity (Wildman–Crippen MR) is 106 cm³/mol. The van der Waals surface area contributed by atoms with Crippen molar-refractivity contribution in [2.75, 3.05) is 0 Å². The zero-order valence-electron chi connectivity index (χ0n) is 15.8. The Labute approximate surface area is 159 Å². The molecule has 1 fully saturated rings. The van der Waals surface area contributed by atoms with E-state index >= 15 is 0 Å². The molecule has 1 heterocycles. The molecular formula is C21H34ClNO2. The summed E-state index contributed by atoms with van der Waals surface area (Å²) < 4.78 is 5.73. The van der Waals surface area contributed by atoms with Crippen molar-refractivity contribution in [1.82, 2.24) is 0 Å². The minimum Gasteiger partial charge on any atom is -0.461 e. The molecule has 0 saturated carbocycles. The first-order chi connectivity index (χ1) is 11.5. The Morgan fingerprint density at radius 1 is 1.20 bits per heavy atom. The van der Waals surface area contributed by atoms with Gasteiger partial charge in [-0.05, 0) is 55.9 Å². The van der Waals surface area contributed by atoms with Gasteiger partial charge >= 0.3 is 5.97 Å². The van der Waals surface area contributed by atoms with Crippen molar-refractivity contribution < 1.29 is 9.53 Å². The lowest BCUT2D eigenvalue weighted by Crippen LogP contribution is -2.36. The van der Waals surface area contributed by atoms with Crippen LogP contribution in [0.5, 0.6) is 0 Å². The number of halogens is 1. The molecule has 0 aliphatic carbocycles. The number of hydrogen-bond acceptors (Lipinski definition) is 3. The van der Waals surface area contributed by atoms with E-state index in [1.165, 1.54) is 12.0 Å². The van der Waals surface area contributed by atoms with E-state index < -0.39 is 6.04 Å². The molecule has 2 rings (SSSR count). The molecular weight excluding hydrogens is 334 g/mol. The number of hydrogen-bond donors (Lipinski definition) is 1. The predicted octanol–water partition coefficient (Wildman–Crippen LogP) is 4.76. The first-order valence-corrected chi connectivity index (χ1v) is 9.47. The number of ether oxygens (including phenoxy) is 1. The maximum atomic E-state index is 12.1. The van der Waals surface area contributed by atoms with Crippen LogP contribution < -0.4 is 5.73 Å². The number of carbonyl (C=O) groups excluding carboxylic acids is 1. The van der Waals surface area contributed by atoms with Gasteiger partial charge in [-0.1, -0.05) is 57.0 Å². The number of cyclic esters (lactones) is 1. The third-order valence-corrected chi connectivity index (χ3v) is 5.32. The molecule has 142 valence electrons. The zero-order chi connectivity index (χ0) is 17.5. The maximum absolute atomic E-state index is 12.1. The molecule has 4 heteroatoms. The second kappa shape index (κ2) is 10.8. The monoisotopic (exact) mass is 367 g/mol.